The van der Waals surface area contributed by atoms with Gasteiger partial charge in [-0.25, -0.2) is 4.39 Å². The third-order valence-electron chi connectivity index (χ3n) is 3.21. The van der Waals surface area contributed by atoms with Gasteiger partial charge in [-0.1, -0.05) is 41.3 Å². The lowest BCUT2D eigenvalue weighted by Gasteiger charge is -2.24. The molecule has 1 amide bonds. The van der Waals surface area contributed by atoms with Crippen molar-refractivity contribution in [3.63, 3.8) is 0 Å². The summed E-state index contributed by atoms with van der Waals surface area (Å²) in [7, 11) is 0. The molecule has 116 valence electrons. The molecule has 1 saturated heterocycles. The van der Waals surface area contributed by atoms with Crippen LogP contribution in [-0.4, -0.2) is 39.1 Å². The molecule has 0 radical (unpaired) electrons. The molecule has 2 aromatic rings. The average Bonchev–Trinajstić information content (AvgIpc) is 3.14. The number of nitrogens with zero attached hydrogens (tertiary/aromatic N) is 3. The summed E-state index contributed by atoms with van der Waals surface area (Å²) < 4.78 is 14.8. The zero-order valence-corrected chi connectivity index (χ0v) is 14.3. The number of benzene rings is 1. The molecule has 1 aromatic heterocycles. The van der Waals surface area contributed by atoms with Crippen LogP contribution in [0.15, 0.2) is 28.6 Å². The Labute approximate surface area is 140 Å². The molecule has 1 aromatic carbocycles. The highest BCUT2D eigenvalue weighted by Gasteiger charge is 2.32. The van der Waals surface area contributed by atoms with Gasteiger partial charge in [-0.2, -0.15) is 0 Å². The van der Waals surface area contributed by atoms with E-state index in [1.165, 1.54) is 29.2 Å². The number of aryl methyl sites for hydroxylation is 1. The van der Waals surface area contributed by atoms with E-state index in [1.54, 1.807) is 34.9 Å². The Kier molecular flexibility index (Phi) is 5.00. The summed E-state index contributed by atoms with van der Waals surface area (Å²) in [6, 6.07) is 6.66. The molecular formula is C14H14FN3OS3. The lowest BCUT2D eigenvalue weighted by molar-refractivity contribution is -0.128. The van der Waals surface area contributed by atoms with E-state index in [1.807, 2.05) is 6.92 Å². The Morgan fingerprint density at radius 3 is 3.00 bits per heavy atom. The number of halogens is 1. The van der Waals surface area contributed by atoms with Crippen LogP contribution < -0.4 is 0 Å². The molecule has 1 aliphatic rings. The second-order valence-electron chi connectivity index (χ2n) is 4.71. The van der Waals surface area contributed by atoms with Crippen LogP contribution in [-0.2, 0) is 4.79 Å². The number of amides is 1. The number of carbonyl (C=O) groups excluding carboxylic acids is 1. The van der Waals surface area contributed by atoms with E-state index in [-0.39, 0.29) is 17.1 Å². The minimum Gasteiger partial charge on any atom is -0.325 e. The topological polar surface area (TPSA) is 46.1 Å². The van der Waals surface area contributed by atoms with Crippen molar-refractivity contribution in [2.45, 2.75) is 16.6 Å². The van der Waals surface area contributed by atoms with Gasteiger partial charge in [-0.15, -0.1) is 22.0 Å². The minimum absolute atomic E-state index is 0.0103. The molecule has 0 bridgehead atoms. The van der Waals surface area contributed by atoms with Crippen molar-refractivity contribution in [3.8, 4) is 0 Å². The van der Waals surface area contributed by atoms with Crippen molar-refractivity contribution in [1.82, 2.24) is 15.1 Å². The summed E-state index contributed by atoms with van der Waals surface area (Å²) in [5.41, 5.74) is 0.579. The largest absolute Gasteiger partial charge is 0.325 e. The van der Waals surface area contributed by atoms with Gasteiger partial charge in [0.2, 0.25) is 5.91 Å². The Hall–Kier alpha value is -1.12. The normalized spacial score (nSPS) is 17.9. The maximum atomic E-state index is 14.0. The number of hydrogen-bond acceptors (Lipinski definition) is 6. The number of hydrogen-bond donors (Lipinski definition) is 0. The Morgan fingerprint density at radius 1 is 1.45 bits per heavy atom. The standard InChI is InChI=1S/C14H14FN3OS3/c1-9-16-17-14(22-9)21-8-12(19)18-6-7-20-13(18)10-4-2-3-5-11(10)15/h2-5,13H,6-8H2,1H3/t13-/m1/s1. The maximum Gasteiger partial charge on any atom is 0.234 e. The monoisotopic (exact) mass is 355 g/mol. The van der Waals surface area contributed by atoms with Crippen LogP contribution in [0, 0.1) is 12.7 Å². The van der Waals surface area contributed by atoms with Crippen LogP contribution in [0.5, 0.6) is 0 Å². The Bertz CT molecular complexity index is 679. The van der Waals surface area contributed by atoms with Gasteiger partial charge in [0.25, 0.3) is 0 Å². The Balaban J connectivity index is 1.67. The molecule has 0 N–H and O–H groups in total. The molecule has 8 heteroatoms. The van der Waals surface area contributed by atoms with E-state index in [2.05, 4.69) is 10.2 Å². The molecule has 1 aliphatic heterocycles. The van der Waals surface area contributed by atoms with Crippen molar-refractivity contribution in [3.05, 3.63) is 40.7 Å². The van der Waals surface area contributed by atoms with Gasteiger partial charge in [-0.3, -0.25) is 4.79 Å². The minimum atomic E-state index is -0.257. The fourth-order valence-electron chi connectivity index (χ4n) is 2.20. The van der Waals surface area contributed by atoms with Gasteiger partial charge in [0.1, 0.15) is 16.2 Å². The lowest BCUT2D eigenvalue weighted by Crippen LogP contribution is -2.32. The molecule has 0 aliphatic carbocycles. The summed E-state index contributed by atoms with van der Waals surface area (Å²) in [5.74, 6) is 0.885. The summed E-state index contributed by atoms with van der Waals surface area (Å²) in [5, 5.41) is 8.59. The van der Waals surface area contributed by atoms with Crippen LogP contribution >= 0.6 is 34.9 Å². The molecule has 0 spiro atoms. The molecule has 22 heavy (non-hydrogen) atoms. The second-order valence-corrected chi connectivity index (χ2v) is 8.30. The highest BCUT2D eigenvalue weighted by Crippen LogP contribution is 2.39. The van der Waals surface area contributed by atoms with E-state index >= 15 is 0 Å². The molecule has 0 unspecified atom stereocenters. The van der Waals surface area contributed by atoms with Crippen molar-refractivity contribution < 1.29 is 9.18 Å². The second kappa shape index (κ2) is 6.97. The molecule has 3 rings (SSSR count). The lowest BCUT2D eigenvalue weighted by atomic mass is 10.2. The van der Waals surface area contributed by atoms with Crippen molar-refractivity contribution in [1.29, 1.82) is 0 Å². The van der Waals surface area contributed by atoms with Gasteiger partial charge in [0.15, 0.2) is 4.34 Å². The van der Waals surface area contributed by atoms with Crippen molar-refractivity contribution in [2.24, 2.45) is 0 Å². The molecule has 1 fully saturated rings. The first-order valence-corrected chi connectivity index (χ1v) is 9.58. The molecular weight excluding hydrogens is 341 g/mol. The smallest absolute Gasteiger partial charge is 0.234 e. The highest BCUT2D eigenvalue weighted by molar-refractivity contribution is 8.01. The van der Waals surface area contributed by atoms with E-state index < -0.39 is 0 Å². The van der Waals surface area contributed by atoms with E-state index in [0.717, 1.165) is 15.1 Å². The number of aromatic nitrogens is 2. The number of rotatable bonds is 4. The van der Waals surface area contributed by atoms with Gasteiger partial charge < -0.3 is 4.90 Å². The third-order valence-corrected chi connectivity index (χ3v) is 6.41. The SMILES string of the molecule is Cc1nnc(SCC(=O)N2CCS[C@@H]2c2ccccc2F)s1. The first-order valence-electron chi connectivity index (χ1n) is 6.73. The quantitative estimate of drug-likeness (QED) is 0.787. The summed E-state index contributed by atoms with van der Waals surface area (Å²) in [6.45, 7) is 2.53. The fourth-order valence-corrected chi connectivity index (χ4v) is 5.20. The van der Waals surface area contributed by atoms with Crippen LogP contribution in [0.3, 0.4) is 0 Å². The van der Waals surface area contributed by atoms with Crippen LogP contribution in [0.4, 0.5) is 4.39 Å². The Morgan fingerprint density at radius 2 is 2.27 bits per heavy atom. The van der Waals surface area contributed by atoms with Crippen molar-refractivity contribution >= 4 is 40.8 Å². The predicted octanol–water partition coefficient (Wildman–Crippen LogP) is 3.35. The van der Waals surface area contributed by atoms with Gasteiger partial charge in [0.05, 0.1) is 5.75 Å². The van der Waals surface area contributed by atoms with Crippen LogP contribution in [0.2, 0.25) is 0 Å². The highest BCUT2D eigenvalue weighted by atomic mass is 32.2. The zero-order valence-electron chi connectivity index (χ0n) is 11.9. The first-order chi connectivity index (χ1) is 10.6. The summed E-state index contributed by atoms with van der Waals surface area (Å²) in [4.78, 5) is 14.2. The first kappa shape index (κ1) is 15.8. The molecule has 1 atom stereocenters. The van der Waals surface area contributed by atoms with E-state index in [0.29, 0.717) is 17.9 Å². The zero-order chi connectivity index (χ0) is 15.5. The van der Waals surface area contributed by atoms with Crippen molar-refractivity contribution in [2.75, 3.05) is 18.1 Å². The maximum absolute atomic E-state index is 14.0. The summed E-state index contributed by atoms with van der Waals surface area (Å²) >= 11 is 4.47. The predicted molar refractivity (Wildman–Crippen MR) is 88.7 cm³/mol. The molecule has 4 nitrogen and oxygen atoms in total. The fraction of sp³-hybridized carbons (Fsp3) is 0.357. The summed E-state index contributed by atoms with van der Waals surface area (Å²) in [6.07, 6.45) is 0. The third kappa shape index (κ3) is 3.44. The van der Waals surface area contributed by atoms with Crippen LogP contribution in [0.25, 0.3) is 0 Å². The average molecular weight is 355 g/mol. The van der Waals surface area contributed by atoms with Gasteiger partial charge in [-0.05, 0) is 13.0 Å². The van der Waals surface area contributed by atoms with Gasteiger partial charge >= 0.3 is 0 Å². The molecule has 2 heterocycles. The van der Waals surface area contributed by atoms with Gasteiger partial charge in [0, 0.05) is 17.9 Å². The number of thioether (sulfide) groups is 2. The van der Waals surface area contributed by atoms with Crippen LogP contribution in [0.1, 0.15) is 15.9 Å². The van der Waals surface area contributed by atoms with E-state index in [9.17, 15) is 9.18 Å². The number of carbonyl (C=O) groups is 1. The molecule has 0 saturated carbocycles. The van der Waals surface area contributed by atoms with E-state index in [4.69, 9.17) is 0 Å².